The highest BCUT2D eigenvalue weighted by molar-refractivity contribution is 7.89. The molecule has 28 heavy (non-hydrogen) atoms. The summed E-state index contributed by atoms with van der Waals surface area (Å²) in [5.74, 6) is -1.07. The maximum absolute atomic E-state index is 13.0. The van der Waals surface area contributed by atoms with Crippen molar-refractivity contribution in [2.75, 3.05) is 31.1 Å². The highest BCUT2D eigenvalue weighted by Gasteiger charge is 2.28. The molecule has 2 aromatic rings. The maximum atomic E-state index is 13.0. The normalized spacial score (nSPS) is 16.2. The van der Waals surface area contributed by atoms with E-state index in [4.69, 9.17) is 16.7 Å². The number of carboxylic acids is 1. The molecule has 2 aromatic carbocycles. The Hall–Kier alpha value is -2.35. The van der Waals surface area contributed by atoms with E-state index in [0.717, 1.165) is 11.8 Å². The molecule has 0 radical (unpaired) electrons. The van der Waals surface area contributed by atoms with Gasteiger partial charge in [0.15, 0.2) is 0 Å². The topological polar surface area (TPSA) is 77.9 Å². The number of rotatable bonds is 5. The summed E-state index contributed by atoms with van der Waals surface area (Å²) in [6.45, 7) is 3.56. The summed E-state index contributed by atoms with van der Waals surface area (Å²) >= 11 is 5.92. The van der Waals surface area contributed by atoms with E-state index < -0.39 is 16.0 Å². The lowest BCUT2D eigenvalue weighted by atomic mass is 10.1. The molecule has 0 aromatic heterocycles. The molecule has 1 aliphatic rings. The van der Waals surface area contributed by atoms with Gasteiger partial charge in [0.2, 0.25) is 10.0 Å². The molecule has 148 valence electrons. The number of benzene rings is 2. The van der Waals surface area contributed by atoms with E-state index >= 15 is 0 Å². The lowest BCUT2D eigenvalue weighted by Gasteiger charge is -2.35. The zero-order valence-electron chi connectivity index (χ0n) is 15.4. The van der Waals surface area contributed by atoms with E-state index in [-0.39, 0.29) is 4.90 Å². The number of piperazine rings is 1. The fraction of sp³-hybridized carbons (Fsp3) is 0.250. The summed E-state index contributed by atoms with van der Waals surface area (Å²) < 4.78 is 27.5. The molecular weight excluding hydrogens is 400 g/mol. The summed E-state index contributed by atoms with van der Waals surface area (Å²) in [6.07, 6.45) is 1.07. The Labute approximate surface area is 169 Å². The monoisotopic (exact) mass is 420 g/mol. The van der Waals surface area contributed by atoms with Gasteiger partial charge >= 0.3 is 5.97 Å². The fourth-order valence-corrected chi connectivity index (χ4v) is 4.75. The molecule has 3 rings (SSSR count). The summed E-state index contributed by atoms with van der Waals surface area (Å²) in [5.41, 5.74) is 2.08. The van der Waals surface area contributed by atoms with Gasteiger partial charge in [-0.3, -0.25) is 0 Å². The van der Waals surface area contributed by atoms with Crippen LogP contribution in [0.1, 0.15) is 12.5 Å². The number of nitrogens with zero attached hydrogens (tertiary/aromatic N) is 2. The predicted molar refractivity (Wildman–Crippen MR) is 110 cm³/mol. The van der Waals surface area contributed by atoms with Gasteiger partial charge in [0.05, 0.1) is 4.90 Å². The lowest BCUT2D eigenvalue weighted by Crippen LogP contribution is -2.48. The van der Waals surface area contributed by atoms with Gasteiger partial charge in [-0.15, -0.1) is 0 Å². The Kier molecular flexibility index (Phi) is 6.07. The number of carbonyl (C=O) groups is 1. The van der Waals surface area contributed by atoms with Gasteiger partial charge in [-0.25, -0.2) is 13.2 Å². The van der Waals surface area contributed by atoms with Crippen LogP contribution in [0.3, 0.4) is 0 Å². The van der Waals surface area contributed by atoms with Gasteiger partial charge in [-0.2, -0.15) is 4.31 Å². The molecule has 0 unspecified atom stereocenters. The molecule has 0 bridgehead atoms. The number of anilines is 1. The molecule has 0 atom stereocenters. The van der Waals surface area contributed by atoms with Crippen LogP contribution in [-0.4, -0.2) is 50.0 Å². The third-order valence-electron chi connectivity index (χ3n) is 4.70. The third-order valence-corrected chi connectivity index (χ3v) is 6.84. The first kappa shape index (κ1) is 20.4. The molecule has 0 saturated carbocycles. The van der Waals surface area contributed by atoms with Gasteiger partial charge in [-0.05, 0) is 54.5 Å². The second kappa shape index (κ2) is 8.34. The first-order valence-electron chi connectivity index (χ1n) is 8.80. The van der Waals surface area contributed by atoms with Crippen molar-refractivity contribution >= 4 is 38.9 Å². The average molecular weight is 421 g/mol. The number of hydrogen-bond acceptors (Lipinski definition) is 4. The van der Waals surface area contributed by atoms with Gasteiger partial charge in [0.1, 0.15) is 0 Å². The second-order valence-corrected chi connectivity index (χ2v) is 8.94. The van der Waals surface area contributed by atoms with E-state index in [2.05, 4.69) is 4.90 Å². The van der Waals surface area contributed by atoms with Gasteiger partial charge in [0, 0.05) is 43.0 Å². The quantitative estimate of drug-likeness (QED) is 0.750. The number of sulfonamides is 1. The first-order chi connectivity index (χ1) is 13.3. The smallest absolute Gasteiger partial charge is 0.328 e. The minimum atomic E-state index is -3.65. The molecule has 1 aliphatic heterocycles. The number of aliphatic carboxylic acids is 1. The van der Waals surface area contributed by atoms with E-state index in [1.807, 2.05) is 24.3 Å². The maximum Gasteiger partial charge on any atom is 0.328 e. The Morgan fingerprint density at radius 3 is 2.32 bits per heavy atom. The fourth-order valence-electron chi connectivity index (χ4n) is 3.16. The third kappa shape index (κ3) is 4.55. The van der Waals surface area contributed by atoms with Crippen molar-refractivity contribution in [3.05, 3.63) is 65.2 Å². The summed E-state index contributed by atoms with van der Waals surface area (Å²) in [6, 6.07) is 13.9. The van der Waals surface area contributed by atoms with E-state index in [1.165, 1.54) is 10.4 Å². The number of hydrogen-bond donors (Lipinski definition) is 1. The number of halogens is 1. The standard InChI is InChI=1S/C20H21ClN2O4S/c1-15(13-20(24)25)16-3-2-4-19(14-16)28(26,27)23-11-9-22(10-12-23)18-7-5-17(21)6-8-18/h2-8,13-14H,9-12H2,1H3,(H,24,25)/b15-13+. The Bertz CT molecular complexity index is 995. The number of carboxylic acid groups (broad SMARTS) is 1. The van der Waals surface area contributed by atoms with Crippen LogP contribution in [-0.2, 0) is 14.8 Å². The predicted octanol–water partition coefficient (Wildman–Crippen LogP) is 3.34. The van der Waals surface area contributed by atoms with E-state index in [9.17, 15) is 13.2 Å². The SMILES string of the molecule is C/C(=C\C(=O)O)c1cccc(S(=O)(=O)N2CCN(c3ccc(Cl)cc3)CC2)c1. The molecule has 1 saturated heterocycles. The minimum Gasteiger partial charge on any atom is -0.478 e. The van der Waals surface area contributed by atoms with Crippen molar-refractivity contribution in [1.29, 1.82) is 0 Å². The summed E-state index contributed by atoms with van der Waals surface area (Å²) in [5, 5.41) is 9.56. The summed E-state index contributed by atoms with van der Waals surface area (Å²) in [4.78, 5) is 13.2. The molecule has 0 spiro atoms. The highest BCUT2D eigenvalue weighted by Crippen LogP contribution is 2.24. The van der Waals surface area contributed by atoms with Crippen molar-refractivity contribution in [1.82, 2.24) is 4.31 Å². The molecule has 0 amide bonds. The van der Waals surface area contributed by atoms with E-state index in [1.54, 1.807) is 25.1 Å². The van der Waals surface area contributed by atoms with Crippen LogP contribution in [0.15, 0.2) is 59.5 Å². The van der Waals surface area contributed by atoms with Crippen LogP contribution in [0, 0.1) is 0 Å². The van der Waals surface area contributed by atoms with Gasteiger partial charge < -0.3 is 10.0 Å². The van der Waals surface area contributed by atoms with Crippen molar-refractivity contribution in [3.8, 4) is 0 Å². The van der Waals surface area contributed by atoms with Crippen molar-refractivity contribution in [3.63, 3.8) is 0 Å². The molecule has 1 fully saturated rings. The van der Waals surface area contributed by atoms with Crippen molar-refractivity contribution in [2.24, 2.45) is 0 Å². The van der Waals surface area contributed by atoms with Crippen LogP contribution in [0.5, 0.6) is 0 Å². The van der Waals surface area contributed by atoms with Crippen molar-refractivity contribution in [2.45, 2.75) is 11.8 Å². The van der Waals surface area contributed by atoms with Crippen LogP contribution < -0.4 is 4.90 Å². The highest BCUT2D eigenvalue weighted by atomic mass is 35.5. The molecule has 1 heterocycles. The largest absolute Gasteiger partial charge is 0.478 e. The van der Waals surface area contributed by atoms with Crippen LogP contribution >= 0.6 is 11.6 Å². The van der Waals surface area contributed by atoms with Crippen LogP contribution in [0.25, 0.3) is 5.57 Å². The Morgan fingerprint density at radius 2 is 1.71 bits per heavy atom. The van der Waals surface area contributed by atoms with Crippen LogP contribution in [0.2, 0.25) is 5.02 Å². The molecule has 8 heteroatoms. The first-order valence-corrected chi connectivity index (χ1v) is 10.6. The van der Waals surface area contributed by atoms with E-state index in [0.29, 0.717) is 42.3 Å². The zero-order chi connectivity index (χ0) is 20.3. The molecule has 0 aliphatic carbocycles. The van der Waals surface area contributed by atoms with Crippen molar-refractivity contribution < 1.29 is 18.3 Å². The Balaban J connectivity index is 1.75. The van der Waals surface area contributed by atoms with Gasteiger partial charge in [0.25, 0.3) is 0 Å². The van der Waals surface area contributed by atoms with Crippen LogP contribution in [0.4, 0.5) is 5.69 Å². The molecule has 6 nitrogen and oxygen atoms in total. The molecular formula is C20H21ClN2O4S. The minimum absolute atomic E-state index is 0.170. The number of allylic oxidation sites excluding steroid dienone is 1. The van der Waals surface area contributed by atoms with Gasteiger partial charge in [-0.1, -0.05) is 23.7 Å². The molecule has 1 N–H and O–H groups in total. The second-order valence-electron chi connectivity index (χ2n) is 6.56. The summed E-state index contributed by atoms with van der Waals surface area (Å²) in [7, 11) is -3.65. The average Bonchev–Trinajstić information content (AvgIpc) is 2.68. The lowest BCUT2D eigenvalue weighted by molar-refractivity contribution is -0.131. The Morgan fingerprint density at radius 1 is 1.07 bits per heavy atom. The zero-order valence-corrected chi connectivity index (χ0v) is 16.9.